The minimum absolute atomic E-state index is 0. The molecule has 0 heterocycles. The fraction of sp³-hybridized carbons (Fsp3) is 0.400. The van der Waals surface area contributed by atoms with Crippen molar-refractivity contribution in [3.63, 3.8) is 0 Å². The van der Waals surface area contributed by atoms with Crippen LogP contribution in [-0.2, 0) is 17.1 Å². The molecule has 0 spiro atoms. The Balaban J connectivity index is 0.000000370. The largest absolute Gasteiger partial charge is 0.119 e. The summed E-state index contributed by atoms with van der Waals surface area (Å²) in [6, 6.07) is 0. The molecule has 2 saturated carbocycles. The molecule has 10 radical (unpaired) electrons. The van der Waals surface area contributed by atoms with Gasteiger partial charge in [-0.2, -0.15) is 0 Å². The summed E-state index contributed by atoms with van der Waals surface area (Å²) in [7, 11) is 0. The Morgan fingerprint density at radius 2 is 0.952 bits per heavy atom. The van der Waals surface area contributed by atoms with Crippen molar-refractivity contribution in [2.24, 2.45) is 0 Å². The second kappa shape index (κ2) is 8.64. The molecule has 0 saturated heterocycles. The van der Waals surface area contributed by atoms with E-state index in [4.69, 9.17) is 6.42 Å². The van der Waals surface area contributed by atoms with E-state index >= 15 is 0 Å². The summed E-state index contributed by atoms with van der Waals surface area (Å²) in [5, 5.41) is 0. The number of rotatable bonds is 0. The van der Waals surface area contributed by atoms with Crippen LogP contribution < -0.4 is 0 Å². The molecule has 0 aliphatic heterocycles. The van der Waals surface area contributed by atoms with Crippen molar-refractivity contribution < 1.29 is 17.1 Å². The maximum absolute atomic E-state index is 5.38. The topological polar surface area (TPSA) is 0 Å². The van der Waals surface area contributed by atoms with E-state index in [2.05, 4.69) is 67.7 Å². The van der Waals surface area contributed by atoms with Gasteiger partial charge in [0.05, 0.1) is 5.92 Å². The zero-order valence-electron chi connectivity index (χ0n) is 14.5. The minimum Gasteiger partial charge on any atom is -0.119 e. The molecule has 0 unspecified atom stereocenters. The molecule has 0 aromatic carbocycles. The third-order valence-corrected chi connectivity index (χ3v) is 4.76. The van der Waals surface area contributed by atoms with Gasteiger partial charge in [-0.25, -0.2) is 0 Å². The Kier molecular flexibility index (Phi) is 8.68. The summed E-state index contributed by atoms with van der Waals surface area (Å²) in [6.07, 6.45) is 7.62. The molecule has 0 N–H and O–H groups in total. The molecule has 0 bridgehead atoms. The van der Waals surface area contributed by atoms with Crippen molar-refractivity contribution in [2.45, 2.75) is 55.4 Å². The number of terminal acetylenes is 1. The Bertz CT molecular complexity index is 316. The molecule has 0 atom stereocenters. The molecule has 2 fully saturated rings. The first-order valence-electron chi connectivity index (χ1n) is 7.12. The maximum Gasteiger partial charge on any atom is 0.0618 e. The molecule has 2 rings (SSSR count). The molecule has 114 valence electrons. The number of hydrogen-bond acceptors (Lipinski definition) is 0. The van der Waals surface area contributed by atoms with Crippen LogP contribution in [0.4, 0.5) is 0 Å². The first-order valence-corrected chi connectivity index (χ1v) is 7.12. The summed E-state index contributed by atoms with van der Waals surface area (Å²) in [5.41, 5.74) is 0. The van der Waals surface area contributed by atoms with Gasteiger partial charge in [-0.3, -0.25) is 0 Å². The molecule has 0 amide bonds. The van der Waals surface area contributed by atoms with Crippen LogP contribution in [0, 0.1) is 72.0 Å². The van der Waals surface area contributed by atoms with E-state index in [0.717, 1.165) is 5.92 Å². The second-order valence-corrected chi connectivity index (χ2v) is 5.78. The normalized spacial score (nSPS) is 25.7. The standard InChI is InChI=1S/C11H13.C9H13.Fe/c1-6-11-9(4)7(2)8(3)10(11)5;1-6-5-7(2)9(4)8(6)3;/h1H,2-5H3;5H,1-4H3;. The zero-order valence-corrected chi connectivity index (χ0v) is 15.6. The first kappa shape index (κ1) is 21.1. The van der Waals surface area contributed by atoms with Gasteiger partial charge in [-0.1, -0.05) is 61.3 Å². The monoisotopic (exact) mass is 322 g/mol. The Morgan fingerprint density at radius 1 is 0.619 bits per heavy atom. The van der Waals surface area contributed by atoms with Crippen LogP contribution in [0.25, 0.3) is 0 Å². The van der Waals surface area contributed by atoms with Gasteiger partial charge in [0.1, 0.15) is 0 Å². The van der Waals surface area contributed by atoms with Crippen LogP contribution in [0.1, 0.15) is 55.4 Å². The molecular weight excluding hydrogens is 296 g/mol. The molecule has 0 aromatic heterocycles. The Labute approximate surface area is 144 Å². The molecule has 21 heavy (non-hydrogen) atoms. The smallest absolute Gasteiger partial charge is 0.0618 e. The van der Waals surface area contributed by atoms with Crippen molar-refractivity contribution in [3.8, 4) is 12.3 Å². The summed E-state index contributed by atoms with van der Waals surface area (Å²) in [4.78, 5) is 0. The van der Waals surface area contributed by atoms with Crippen molar-refractivity contribution >= 4 is 0 Å². The predicted molar refractivity (Wildman–Crippen MR) is 87.7 cm³/mol. The zero-order chi connectivity index (χ0) is 15.6. The van der Waals surface area contributed by atoms with Crippen LogP contribution >= 0.6 is 0 Å². The summed E-state index contributed by atoms with van der Waals surface area (Å²) in [6.45, 7) is 17.1. The van der Waals surface area contributed by atoms with Crippen molar-refractivity contribution in [3.05, 3.63) is 59.7 Å². The molecule has 0 aromatic rings. The summed E-state index contributed by atoms with van der Waals surface area (Å²) >= 11 is 0. The SMILES string of the molecule is C#C[C]1[C](C)[C](C)[C](C)[C]1C.C[C]1[CH][C](C)[C](C)[C]1C.[Fe]. The summed E-state index contributed by atoms with van der Waals surface area (Å²) in [5.74, 6) is 14.8. The van der Waals surface area contributed by atoms with E-state index in [0.29, 0.717) is 0 Å². The van der Waals surface area contributed by atoms with Gasteiger partial charge in [0.15, 0.2) is 0 Å². The molecule has 0 nitrogen and oxygen atoms in total. The summed E-state index contributed by atoms with van der Waals surface area (Å²) < 4.78 is 0. The Hall–Kier alpha value is 0.0795. The van der Waals surface area contributed by atoms with E-state index in [1.54, 1.807) is 0 Å². The van der Waals surface area contributed by atoms with Gasteiger partial charge in [0.25, 0.3) is 0 Å². The molecule has 2 aliphatic rings. The fourth-order valence-electron chi connectivity index (χ4n) is 2.57. The van der Waals surface area contributed by atoms with Gasteiger partial charge in [0, 0.05) is 28.9 Å². The maximum atomic E-state index is 5.38. The van der Waals surface area contributed by atoms with Gasteiger partial charge in [0.2, 0.25) is 0 Å². The van der Waals surface area contributed by atoms with Crippen LogP contribution in [0.3, 0.4) is 0 Å². The fourth-order valence-corrected chi connectivity index (χ4v) is 2.57. The molecular formula is C20H26Fe. The molecule has 2 aliphatic carbocycles. The minimum atomic E-state index is 0. The Morgan fingerprint density at radius 3 is 1.10 bits per heavy atom. The second-order valence-electron chi connectivity index (χ2n) is 5.78. The van der Waals surface area contributed by atoms with Crippen molar-refractivity contribution in [1.29, 1.82) is 0 Å². The van der Waals surface area contributed by atoms with Crippen molar-refractivity contribution in [1.82, 2.24) is 0 Å². The van der Waals surface area contributed by atoms with Gasteiger partial charge < -0.3 is 0 Å². The average molecular weight is 322 g/mol. The van der Waals surface area contributed by atoms with Crippen molar-refractivity contribution in [2.75, 3.05) is 0 Å². The van der Waals surface area contributed by atoms with E-state index in [1.165, 1.54) is 47.3 Å². The van der Waals surface area contributed by atoms with Gasteiger partial charge >= 0.3 is 0 Å². The average Bonchev–Trinajstić information content (AvgIpc) is 2.74. The van der Waals surface area contributed by atoms with Gasteiger partial charge in [-0.15, -0.1) is 6.42 Å². The van der Waals surface area contributed by atoms with Gasteiger partial charge in [-0.05, 0) is 41.9 Å². The predicted octanol–water partition coefficient (Wildman–Crippen LogP) is 5.16. The van der Waals surface area contributed by atoms with Crippen LogP contribution in [0.15, 0.2) is 0 Å². The van der Waals surface area contributed by atoms with Crippen LogP contribution in [0.5, 0.6) is 0 Å². The van der Waals surface area contributed by atoms with E-state index < -0.39 is 0 Å². The number of hydrogen-bond donors (Lipinski definition) is 0. The van der Waals surface area contributed by atoms with E-state index in [9.17, 15) is 0 Å². The third-order valence-electron chi connectivity index (χ3n) is 4.76. The van der Waals surface area contributed by atoms with E-state index in [-0.39, 0.29) is 17.1 Å². The molecule has 1 heteroatoms. The first-order chi connectivity index (χ1) is 9.22. The van der Waals surface area contributed by atoms with E-state index in [1.807, 2.05) is 0 Å². The third kappa shape index (κ3) is 4.53. The van der Waals surface area contributed by atoms with Crippen LogP contribution in [-0.4, -0.2) is 0 Å². The van der Waals surface area contributed by atoms with Crippen LogP contribution in [0.2, 0.25) is 0 Å². The quantitative estimate of drug-likeness (QED) is 0.427.